The van der Waals surface area contributed by atoms with E-state index < -0.39 is 42.3 Å². The number of amides is 1. The van der Waals surface area contributed by atoms with Crippen LogP contribution in [-0.4, -0.2) is 42.9 Å². The van der Waals surface area contributed by atoms with E-state index in [-0.39, 0.29) is 19.4 Å². The van der Waals surface area contributed by atoms with Gasteiger partial charge in [-0.2, -0.15) is 0 Å². The van der Waals surface area contributed by atoms with Crippen LogP contribution in [0.5, 0.6) is 5.75 Å². The molecule has 2 rings (SSSR count). The fraction of sp³-hybridized carbons (Fsp3) is 0.562. The van der Waals surface area contributed by atoms with Crippen molar-refractivity contribution in [2.75, 3.05) is 13.7 Å². The van der Waals surface area contributed by atoms with Crippen molar-refractivity contribution in [3.05, 3.63) is 29.8 Å². The zero-order valence-corrected chi connectivity index (χ0v) is 13.5. The van der Waals surface area contributed by atoms with E-state index in [4.69, 9.17) is 4.74 Å². The Hall–Kier alpha value is -1.87. The van der Waals surface area contributed by atoms with E-state index in [1.807, 2.05) is 0 Å². The maximum atomic E-state index is 13.7. The Labute approximate surface area is 141 Å². The number of aliphatic hydroxyl groups is 1. The highest BCUT2D eigenvalue weighted by atomic mass is 19.4. The van der Waals surface area contributed by atoms with Crippen molar-refractivity contribution in [1.82, 2.24) is 5.32 Å². The van der Waals surface area contributed by atoms with E-state index in [1.54, 1.807) is 0 Å². The molecule has 0 unspecified atom stereocenters. The Morgan fingerprint density at radius 1 is 1.40 bits per heavy atom. The number of carbonyl (C=O) groups is 1. The Bertz CT molecular complexity index is 604. The lowest BCUT2D eigenvalue weighted by molar-refractivity contribution is -0.274. The van der Waals surface area contributed by atoms with Crippen LogP contribution in [0, 0.1) is 0 Å². The molecule has 1 aliphatic rings. The molecule has 140 valence electrons. The summed E-state index contributed by atoms with van der Waals surface area (Å²) in [5.74, 6) is -1.05. The van der Waals surface area contributed by atoms with Crippen LogP contribution in [0.15, 0.2) is 24.3 Å². The van der Waals surface area contributed by atoms with E-state index >= 15 is 0 Å². The molecule has 5 nitrogen and oxygen atoms in total. The number of ether oxygens (including phenoxy) is 2. The Balaban J connectivity index is 2.04. The molecule has 1 fully saturated rings. The maximum Gasteiger partial charge on any atom is 0.573 e. The molecule has 0 spiro atoms. The van der Waals surface area contributed by atoms with Gasteiger partial charge in [0, 0.05) is 7.11 Å². The third-order valence-corrected chi connectivity index (χ3v) is 3.87. The van der Waals surface area contributed by atoms with Crippen LogP contribution in [0.4, 0.5) is 17.6 Å². The van der Waals surface area contributed by atoms with Gasteiger partial charge < -0.3 is 19.9 Å². The largest absolute Gasteiger partial charge is 0.573 e. The number of benzene rings is 1. The number of carbonyl (C=O) groups excluding carboxylic acids is 1. The zero-order valence-electron chi connectivity index (χ0n) is 13.5. The van der Waals surface area contributed by atoms with Crippen LogP contribution >= 0.6 is 0 Å². The number of hydrogen-bond donors (Lipinski definition) is 2. The molecule has 1 saturated carbocycles. The number of rotatable bonds is 8. The molecule has 1 amide bonds. The molecule has 0 bridgehead atoms. The predicted octanol–water partition coefficient (Wildman–Crippen LogP) is 2.64. The van der Waals surface area contributed by atoms with Crippen molar-refractivity contribution >= 4 is 5.91 Å². The molecule has 9 heteroatoms. The summed E-state index contributed by atoms with van der Waals surface area (Å²) in [6, 6.07) is 4.34. The van der Waals surface area contributed by atoms with Crippen LogP contribution < -0.4 is 10.1 Å². The Morgan fingerprint density at radius 2 is 2.08 bits per heavy atom. The van der Waals surface area contributed by atoms with Gasteiger partial charge in [0.25, 0.3) is 0 Å². The molecular formula is C16H19F4NO4. The summed E-state index contributed by atoms with van der Waals surface area (Å²) in [6.07, 6.45) is -6.26. The first-order valence-corrected chi connectivity index (χ1v) is 7.64. The Morgan fingerprint density at radius 3 is 2.64 bits per heavy atom. The second kappa shape index (κ2) is 7.57. The zero-order chi connectivity index (χ0) is 18.7. The van der Waals surface area contributed by atoms with Gasteiger partial charge in [-0.25, -0.2) is 4.39 Å². The molecule has 1 aliphatic carbocycles. The standard InChI is InChI=1S/C16H19F4NO4/c1-24-9-12(21-14(23)8-13(22)15(17)5-6-15)10-3-2-4-11(7-10)25-16(18,19)20/h2-4,7,12-13,22H,5-6,8-9H2,1H3,(H,21,23)/t12-,13-/m0/s1. The molecule has 2 N–H and O–H groups in total. The molecule has 0 saturated heterocycles. The summed E-state index contributed by atoms with van der Waals surface area (Å²) in [5.41, 5.74) is -1.39. The quantitative estimate of drug-likeness (QED) is 0.695. The molecule has 0 radical (unpaired) electrons. The lowest BCUT2D eigenvalue weighted by Gasteiger charge is -2.21. The van der Waals surface area contributed by atoms with Crippen LogP contribution in [0.25, 0.3) is 0 Å². The number of methoxy groups -OCH3 is 1. The minimum Gasteiger partial charge on any atom is -0.406 e. The summed E-state index contributed by atoms with van der Waals surface area (Å²) in [5, 5.41) is 12.2. The van der Waals surface area contributed by atoms with Gasteiger partial charge in [0.05, 0.1) is 25.2 Å². The fourth-order valence-electron chi connectivity index (χ4n) is 2.38. The summed E-state index contributed by atoms with van der Waals surface area (Å²) in [4.78, 5) is 12.0. The number of alkyl halides is 4. The molecule has 2 atom stereocenters. The van der Waals surface area contributed by atoms with Crippen molar-refractivity contribution in [2.24, 2.45) is 0 Å². The van der Waals surface area contributed by atoms with Gasteiger partial charge in [0.2, 0.25) is 5.91 Å². The van der Waals surface area contributed by atoms with Gasteiger partial charge in [0.15, 0.2) is 0 Å². The lowest BCUT2D eigenvalue weighted by Crippen LogP contribution is -2.36. The highest BCUT2D eigenvalue weighted by Crippen LogP contribution is 2.43. The number of halogens is 4. The van der Waals surface area contributed by atoms with Gasteiger partial charge in [-0.1, -0.05) is 12.1 Å². The highest BCUT2D eigenvalue weighted by molar-refractivity contribution is 5.77. The molecule has 0 aromatic heterocycles. The van der Waals surface area contributed by atoms with E-state index in [2.05, 4.69) is 10.1 Å². The summed E-state index contributed by atoms with van der Waals surface area (Å²) >= 11 is 0. The number of aliphatic hydroxyl groups excluding tert-OH is 1. The lowest BCUT2D eigenvalue weighted by atomic mass is 10.1. The topological polar surface area (TPSA) is 67.8 Å². The minimum absolute atomic E-state index is 0.0158. The smallest absolute Gasteiger partial charge is 0.406 e. The van der Waals surface area contributed by atoms with Gasteiger partial charge in [0.1, 0.15) is 11.4 Å². The normalized spacial score (nSPS) is 18.3. The predicted molar refractivity (Wildman–Crippen MR) is 79.6 cm³/mol. The molecule has 1 aromatic carbocycles. The van der Waals surface area contributed by atoms with Gasteiger partial charge in [-0.15, -0.1) is 13.2 Å². The third-order valence-electron chi connectivity index (χ3n) is 3.87. The van der Waals surface area contributed by atoms with Gasteiger partial charge >= 0.3 is 6.36 Å². The van der Waals surface area contributed by atoms with Crippen molar-refractivity contribution in [2.45, 2.75) is 43.4 Å². The van der Waals surface area contributed by atoms with Crippen molar-refractivity contribution in [3.8, 4) is 5.75 Å². The van der Waals surface area contributed by atoms with E-state index in [0.29, 0.717) is 5.56 Å². The van der Waals surface area contributed by atoms with Crippen molar-refractivity contribution in [3.63, 3.8) is 0 Å². The highest BCUT2D eigenvalue weighted by Gasteiger charge is 2.50. The molecule has 0 heterocycles. The third kappa shape index (κ3) is 5.86. The van der Waals surface area contributed by atoms with Crippen LogP contribution in [0.1, 0.15) is 30.9 Å². The number of nitrogens with one attached hydrogen (secondary N) is 1. The fourth-order valence-corrected chi connectivity index (χ4v) is 2.38. The van der Waals surface area contributed by atoms with Crippen molar-refractivity contribution < 1.29 is 36.9 Å². The molecular weight excluding hydrogens is 346 g/mol. The van der Waals surface area contributed by atoms with Crippen molar-refractivity contribution in [1.29, 1.82) is 0 Å². The first-order valence-electron chi connectivity index (χ1n) is 7.64. The Kier molecular flexibility index (Phi) is 5.89. The minimum atomic E-state index is -4.83. The summed E-state index contributed by atoms with van der Waals surface area (Å²) in [7, 11) is 1.37. The first-order chi connectivity index (χ1) is 11.6. The van der Waals surface area contributed by atoms with Crippen LogP contribution in [0.3, 0.4) is 0 Å². The van der Waals surface area contributed by atoms with Gasteiger partial charge in [-0.3, -0.25) is 4.79 Å². The van der Waals surface area contributed by atoms with Crippen LogP contribution in [0.2, 0.25) is 0 Å². The molecule has 1 aromatic rings. The summed E-state index contributed by atoms with van der Waals surface area (Å²) in [6.45, 7) is -0.0158. The molecule has 0 aliphatic heterocycles. The van der Waals surface area contributed by atoms with Crippen LogP contribution in [-0.2, 0) is 9.53 Å². The number of hydrogen-bond acceptors (Lipinski definition) is 4. The van der Waals surface area contributed by atoms with E-state index in [0.717, 1.165) is 12.1 Å². The first kappa shape index (κ1) is 19.5. The monoisotopic (exact) mass is 365 g/mol. The summed E-state index contributed by atoms with van der Waals surface area (Å²) < 4.78 is 59.5. The second-order valence-corrected chi connectivity index (χ2v) is 5.95. The average Bonchev–Trinajstić information content (AvgIpc) is 3.24. The second-order valence-electron chi connectivity index (χ2n) is 5.95. The average molecular weight is 365 g/mol. The van der Waals surface area contributed by atoms with Gasteiger partial charge in [-0.05, 0) is 30.5 Å². The SMILES string of the molecule is COC[C@H](NC(=O)C[C@H](O)C1(F)CC1)c1cccc(OC(F)(F)F)c1. The molecule has 25 heavy (non-hydrogen) atoms. The van der Waals surface area contributed by atoms with E-state index in [1.165, 1.54) is 19.2 Å². The maximum absolute atomic E-state index is 13.7. The van der Waals surface area contributed by atoms with E-state index in [9.17, 15) is 27.5 Å².